The summed E-state index contributed by atoms with van der Waals surface area (Å²) in [6.45, 7) is 10.6. The molecule has 0 aromatic heterocycles. The first-order valence-electron chi connectivity index (χ1n) is 9.80. The van der Waals surface area contributed by atoms with Crippen molar-refractivity contribution in [3.05, 3.63) is 59.7 Å². The van der Waals surface area contributed by atoms with Gasteiger partial charge in [0.2, 0.25) is 0 Å². The van der Waals surface area contributed by atoms with E-state index < -0.39 is 0 Å². The summed E-state index contributed by atoms with van der Waals surface area (Å²) in [5, 5.41) is 0. The van der Waals surface area contributed by atoms with E-state index in [1.165, 1.54) is 11.1 Å². The van der Waals surface area contributed by atoms with E-state index in [2.05, 4.69) is 71.0 Å². The minimum absolute atomic E-state index is 0.293. The number of methoxy groups -OCH3 is 1. The Bertz CT molecular complexity index is 734. The number of aryl methyl sites for hydroxylation is 1. The SMILES string of the molecule is COc1ccc(CC[C@@H](C)c2ccc(B3OC(C)(C)C(C)(C)O3)cc2)cc1. The predicted molar refractivity (Wildman–Crippen MR) is 112 cm³/mol. The summed E-state index contributed by atoms with van der Waals surface area (Å²) in [4.78, 5) is 0. The van der Waals surface area contributed by atoms with Crippen molar-refractivity contribution in [2.75, 3.05) is 7.11 Å². The van der Waals surface area contributed by atoms with E-state index in [1.54, 1.807) is 7.11 Å². The summed E-state index contributed by atoms with van der Waals surface area (Å²) < 4.78 is 17.5. The third-order valence-electron chi connectivity index (χ3n) is 6.06. The maximum atomic E-state index is 6.14. The Hall–Kier alpha value is -1.78. The monoisotopic (exact) mass is 366 g/mol. The molecule has 2 aromatic carbocycles. The van der Waals surface area contributed by atoms with Crippen LogP contribution in [-0.4, -0.2) is 25.4 Å². The van der Waals surface area contributed by atoms with Crippen molar-refractivity contribution in [1.29, 1.82) is 0 Å². The van der Waals surface area contributed by atoms with Crippen LogP contribution in [0.5, 0.6) is 5.75 Å². The van der Waals surface area contributed by atoms with E-state index in [1.807, 2.05) is 12.1 Å². The minimum atomic E-state index is -0.304. The van der Waals surface area contributed by atoms with Crippen LogP contribution >= 0.6 is 0 Å². The molecular formula is C23H31BO3. The normalized spacial score (nSPS) is 19.1. The second-order valence-electron chi connectivity index (χ2n) is 8.54. The fourth-order valence-corrected chi connectivity index (χ4v) is 3.30. The molecule has 4 heteroatoms. The summed E-state index contributed by atoms with van der Waals surface area (Å²) in [7, 11) is 1.41. The Morgan fingerprint density at radius 3 is 1.96 bits per heavy atom. The molecule has 0 radical (unpaired) electrons. The second-order valence-corrected chi connectivity index (χ2v) is 8.54. The molecule has 0 unspecified atom stereocenters. The molecule has 2 aromatic rings. The van der Waals surface area contributed by atoms with Crippen molar-refractivity contribution < 1.29 is 14.0 Å². The first kappa shape index (κ1) is 20.0. The summed E-state index contributed by atoms with van der Waals surface area (Å²) in [5.41, 5.74) is 3.17. The number of hydrogen-bond donors (Lipinski definition) is 0. The van der Waals surface area contributed by atoms with Crippen LogP contribution in [0.3, 0.4) is 0 Å². The van der Waals surface area contributed by atoms with Gasteiger partial charge in [-0.2, -0.15) is 0 Å². The van der Waals surface area contributed by atoms with Crippen molar-refractivity contribution in [2.24, 2.45) is 0 Å². The van der Waals surface area contributed by atoms with Gasteiger partial charge in [-0.05, 0) is 75.2 Å². The van der Waals surface area contributed by atoms with E-state index >= 15 is 0 Å². The van der Waals surface area contributed by atoms with Crippen molar-refractivity contribution in [2.45, 2.75) is 64.6 Å². The van der Waals surface area contributed by atoms with Crippen molar-refractivity contribution in [3.8, 4) is 5.75 Å². The molecule has 0 N–H and O–H groups in total. The molecule has 1 aliphatic rings. The summed E-state index contributed by atoms with van der Waals surface area (Å²) in [6.07, 6.45) is 2.17. The van der Waals surface area contributed by atoms with Gasteiger partial charge in [0.1, 0.15) is 5.75 Å². The van der Waals surface area contributed by atoms with Gasteiger partial charge in [0.25, 0.3) is 0 Å². The van der Waals surface area contributed by atoms with Crippen molar-refractivity contribution in [3.63, 3.8) is 0 Å². The predicted octanol–water partition coefficient (Wildman–Crippen LogP) is 4.73. The van der Waals surface area contributed by atoms with E-state index in [0.29, 0.717) is 5.92 Å². The van der Waals surface area contributed by atoms with Crippen molar-refractivity contribution in [1.82, 2.24) is 0 Å². The number of ether oxygens (including phenoxy) is 1. The molecule has 0 spiro atoms. The highest BCUT2D eigenvalue weighted by molar-refractivity contribution is 6.62. The fraction of sp³-hybridized carbons (Fsp3) is 0.478. The third kappa shape index (κ3) is 4.39. The summed E-state index contributed by atoms with van der Waals surface area (Å²) in [6, 6.07) is 17.0. The van der Waals surface area contributed by atoms with Crippen LogP contribution in [0.25, 0.3) is 0 Å². The third-order valence-corrected chi connectivity index (χ3v) is 6.06. The van der Waals surface area contributed by atoms with Crippen LogP contribution in [0.4, 0.5) is 0 Å². The Morgan fingerprint density at radius 2 is 1.44 bits per heavy atom. The van der Waals surface area contributed by atoms with Gasteiger partial charge in [-0.3, -0.25) is 0 Å². The first-order valence-corrected chi connectivity index (χ1v) is 9.80. The van der Waals surface area contributed by atoms with Gasteiger partial charge >= 0.3 is 7.12 Å². The zero-order chi connectivity index (χ0) is 19.7. The molecule has 0 aliphatic carbocycles. The molecule has 0 amide bonds. The fourth-order valence-electron chi connectivity index (χ4n) is 3.30. The molecule has 144 valence electrons. The molecular weight excluding hydrogens is 335 g/mol. The molecule has 1 aliphatic heterocycles. The maximum Gasteiger partial charge on any atom is 0.494 e. The molecule has 1 fully saturated rings. The van der Waals surface area contributed by atoms with E-state index in [-0.39, 0.29) is 18.3 Å². The van der Waals surface area contributed by atoms with Crippen molar-refractivity contribution >= 4 is 12.6 Å². The smallest absolute Gasteiger partial charge is 0.494 e. The Labute approximate surface area is 164 Å². The van der Waals surface area contributed by atoms with Gasteiger partial charge in [0, 0.05) is 0 Å². The molecule has 3 nitrogen and oxygen atoms in total. The maximum absolute atomic E-state index is 6.14. The van der Waals surface area contributed by atoms with Crippen LogP contribution in [0.2, 0.25) is 0 Å². The lowest BCUT2D eigenvalue weighted by molar-refractivity contribution is 0.00578. The van der Waals surface area contributed by atoms with E-state index in [9.17, 15) is 0 Å². The average molecular weight is 366 g/mol. The van der Waals surface area contributed by atoms with Crippen LogP contribution in [-0.2, 0) is 15.7 Å². The Kier molecular flexibility index (Phi) is 5.69. The zero-order valence-corrected chi connectivity index (χ0v) is 17.4. The molecule has 1 heterocycles. The number of hydrogen-bond acceptors (Lipinski definition) is 3. The summed E-state index contributed by atoms with van der Waals surface area (Å²) >= 11 is 0. The van der Waals surface area contributed by atoms with Gasteiger partial charge in [-0.15, -0.1) is 0 Å². The molecule has 0 bridgehead atoms. The van der Waals surface area contributed by atoms with Gasteiger partial charge in [0.05, 0.1) is 18.3 Å². The molecule has 1 saturated heterocycles. The van der Waals surface area contributed by atoms with Crippen LogP contribution in [0.15, 0.2) is 48.5 Å². The molecule has 0 saturated carbocycles. The first-order chi connectivity index (χ1) is 12.7. The topological polar surface area (TPSA) is 27.7 Å². The Balaban J connectivity index is 1.59. The Morgan fingerprint density at radius 1 is 0.889 bits per heavy atom. The lowest BCUT2D eigenvalue weighted by Gasteiger charge is -2.32. The highest BCUT2D eigenvalue weighted by Gasteiger charge is 2.51. The minimum Gasteiger partial charge on any atom is -0.497 e. The average Bonchev–Trinajstić information content (AvgIpc) is 2.87. The van der Waals surface area contributed by atoms with Gasteiger partial charge in [0.15, 0.2) is 0 Å². The van der Waals surface area contributed by atoms with Gasteiger partial charge in [-0.25, -0.2) is 0 Å². The van der Waals surface area contributed by atoms with E-state index in [4.69, 9.17) is 14.0 Å². The second kappa shape index (κ2) is 7.69. The highest BCUT2D eigenvalue weighted by Crippen LogP contribution is 2.36. The summed E-state index contributed by atoms with van der Waals surface area (Å²) in [5.74, 6) is 1.41. The quantitative estimate of drug-likeness (QED) is 0.692. The van der Waals surface area contributed by atoms with E-state index in [0.717, 1.165) is 24.1 Å². The number of benzene rings is 2. The van der Waals surface area contributed by atoms with Crippen LogP contribution in [0.1, 0.15) is 58.1 Å². The molecule has 27 heavy (non-hydrogen) atoms. The lowest BCUT2D eigenvalue weighted by atomic mass is 9.78. The lowest BCUT2D eigenvalue weighted by Crippen LogP contribution is -2.41. The number of rotatable bonds is 6. The van der Waals surface area contributed by atoms with Crippen LogP contribution < -0.4 is 10.2 Å². The molecule has 1 atom stereocenters. The van der Waals surface area contributed by atoms with Gasteiger partial charge < -0.3 is 14.0 Å². The standard InChI is InChI=1S/C23H31BO3/c1-17(7-8-18-9-15-21(25-6)16-10-18)19-11-13-20(14-12-19)24-26-22(2,3)23(4,5)27-24/h9-17H,7-8H2,1-6H3/t17-/m1/s1. The van der Waals surface area contributed by atoms with Gasteiger partial charge in [-0.1, -0.05) is 43.3 Å². The zero-order valence-electron chi connectivity index (χ0n) is 17.4. The molecule has 3 rings (SSSR count). The van der Waals surface area contributed by atoms with Crippen LogP contribution in [0, 0.1) is 0 Å². The highest BCUT2D eigenvalue weighted by atomic mass is 16.7. The largest absolute Gasteiger partial charge is 0.497 e.